The molecule has 1 fully saturated rings. The van der Waals surface area contributed by atoms with E-state index < -0.39 is 10.3 Å². The molecule has 0 saturated carbocycles. The highest BCUT2D eigenvalue weighted by molar-refractivity contribution is 5.82. The van der Waals surface area contributed by atoms with Gasteiger partial charge >= 0.3 is 0 Å². The second-order valence-electron chi connectivity index (χ2n) is 4.96. The van der Waals surface area contributed by atoms with Crippen molar-refractivity contribution in [3.05, 3.63) is 22.2 Å². The van der Waals surface area contributed by atoms with E-state index in [2.05, 4.69) is 4.98 Å². The van der Waals surface area contributed by atoms with Crippen LogP contribution in [0.4, 0.5) is 17.3 Å². The lowest BCUT2D eigenvalue weighted by molar-refractivity contribution is -0.384. The monoisotopic (exact) mass is 265 g/mol. The Morgan fingerprint density at radius 2 is 2.26 bits per heavy atom. The van der Waals surface area contributed by atoms with E-state index in [0.717, 1.165) is 0 Å². The molecule has 0 aliphatic carbocycles. The average molecular weight is 265 g/mol. The van der Waals surface area contributed by atoms with Gasteiger partial charge in [0.2, 0.25) is 5.91 Å². The van der Waals surface area contributed by atoms with Gasteiger partial charge in [0.05, 0.1) is 22.5 Å². The molecule has 4 N–H and O–H groups in total. The molecule has 1 aliphatic rings. The van der Waals surface area contributed by atoms with Gasteiger partial charge in [-0.25, -0.2) is 4.98 Å². The van der Waals surface area contributed by atoms with Crippen molar-refractivity contribution in [1.29, 1.82) is 0 Å². The number of anilines is 2. The quantitative estimate of drug-likeness (QED) is 0.596. The number of pyridine rings is 1. The van der Waals surface area contributed by atoms with Crippen molar-refractivity contribution in [2.75, 3.05) is 23.7 Å². The number of aromatic nitrogens is 1. The van der Waals surface area contributed by atoms with E-state index in [9.17, 15) is 14.9 Å². The standard InChI is InChI=1S/C11H15N5O3/c1-11(10(13)17)2-3-15(6-11)9-5-7(16(18)19)4-8(12)14-9/h4-5H,2-3,6H2,1H3,(H2,12,14)(H2,13,17). The van der Waals surface area contributed by atoms with Crippen LogP contribution in [0.2, 0.25) is 0 Å². The summed E-state index contributed by atoms with van der Waals surface area (Å²) in [5.74, 6) is 0.0990. The zero-order valence-corrected chi connectivity index (χ0v) is 10.5. The summed E-state index contributed by atoms with van der Waals surface area (Å²) in [5.41, 5.74) is 10.2. The van der Waals surface area contributed by atoms with Crippen LogP contribution in [0.15, 0.2) is 12.1 Å². The van der Waals surface area contributed by atoms with Crippen LogP contribution in [-0.4, -0.2) is 28.9 Å². The number of carbonyl (C=O) groups excluding carboxylic acids is 1. The van der Waals surface area contributed by atoms with Gasteiger partial charge in [-0.2, -0.15) is 0 Å². The van der Waals surface area contributed by atoms with Crippen LogP contribution in [0.25, 0.3) is 0 Å². The maximum atomic E-state index is 11.4. The number of amides is 1. The van der Waals surface area contributed by atoms with E-state index in [1.165, 1.54) is 12.1 Å². The van der Waals surface area contributed by atoms with Crippen LogP contribution in [0.3, 0.4) is 0 Å². The molecular formula is C11H15N5O3. The fourth-order valence-electron chi connectivity index (χ4n) is 2.15. The number of nitro groups is 1. The van der Waals surface area contributed by atoms with Crippen LogP contribution in [0.1, 0.15) is 13.3 Å². The summed E-state index contributed by atoms with van der Waals surface area (Å²) < 4.78 is 0. The first kappa shape index (κ1) is 13.1. The maximum Gasteiger partial charge on any atom is 0.276 e. The highest BCUT2D eigenvalue weighted by atomic mass is 16.6. The van der Waals surface area contributed by atoms with Crippen molar-refractivity contribution in [1.82, 2.24) is 4.98 Å². The number of nitrogens with two attached hydrogens (primary N) is 2. The lowest BCUT2D eigenvalue weighted by atomic mass is 9.89. The van der Waals surface area contributed by atoms with Crippen molar-refractivity contribution >= 4 is 23.2 Å². The number of nitrogen functional groups attached to an aromatic ring is 1. The van der Waals surface area contributed by atoms with E-state index in [1.807, 2.05) is 0 Å². The Balaban J connectivity index is 2.29. The van der Waals surface area contributed by atoms with Crippen LogP contribution in [0.5, 0.6) is 0 Å². The smallest absolute Gasteiger partial charge is 0.276 e. The first-order chi connectivity index (χ1) is 8.82. The highest BCUT2D eigenvalue weighted by Gasteiger charge is 2.39. The van der Waals surface area contributed by atoms with Gasteiger partial charge in [0.15, 0.2) is 0 Å². The summed E-state index contributed by atoms with van der Waals surface area (Å²) in [7, 11) is 0. The molecular weight excluding hydrogens is 250 g/mol. The first-order valence-corrected chi connectivity index (χ1v) is 5.79. The summed E-state index contributed by atoms with van der Waals surface area (Å²) in [4.78, 5) is 27.5. The van der Waals surface area contributed by atoms with Crippen molar-refractivity contribution in [3.8, 4) is 0 Å². The Hall–Kier alpha value is -2.38. The van der Waals surface area contributed by atoms with Crippen molar-refractivity contribution in [2.45, 2.75) is 13.3 Å². The molecule has 0 spiro atoms. The minimum absolute atomic E-state index is 0.0804. The molecule has 8 nitrogen and oxygen atoms in total. The number of rotatable bonds is 3. The Morgan fingerprint density at radius 3 is 2.79 bits per heavy atom. The molecule has 1 unspecified atom stereocenters. The van der Waals surface area contributed by atoms with E-state index in [4.69, 9.17) is 11.5 Å². The van der Waals surface area contributed by atoms with E-state index in [-0.39, 0.29) is 17.4 Å². The lowest BCUT2D eigenvalue weighted by Crippen LogP contribution is -2.37. The average Bonchev–Trinajstić information content (AvgIpc) is 2.72. The summed E-state index contributed by atoms with van der Waals surface area (Å²) in [5, 5.41) is 10.8. The molecule has 2 heterocycles. The molecule has 1 amide bonds. The van der Waals surface area contributed by atoms with Gasteiger partial charge in [-0.05, 0) is 13.3 Å². The molecule has 1 aliphatic heterocycles. The molecule has 19 heavy (non-hydrogen) atoms. The van der Waals surface area contributed by atoms with Gasteiger partial charge in [-0.3, -0.25) is 14.9 Å². The fraction of sp³-hybridized carbons (Fsp3) is 0.455. The maximum absolute atomic E-state index is 11.4. The van der Waals surface area contributed by atoms with E-state index in [1.54, 1.807) is 11.8 Å². The molecule has 0 aromatic carbocycles. The van der Waals surface area contributed by atoms with Gasteiger partial charge in [-0.1, -0.05) is 0 Å². The minimum Gasteiger partial charge on any atom is -0.383 e. The number of primary amides is 1. The third-order valence-electron chi connectivity index (χ3n) is 3.42. The lowest BCUT2D eigenvalue weighted by Gasteiger charge is -2.21. The zero-order valence-electron chi connectivity index (χ0n) is 10.5. The molecule has 0 radical (unpaired) electrons. The molecule has 0 bridgehead atoms. The molecule has 102 valence electrons. The van der Waals surface area contributed by atoms with Crippen LogP contribution >= 0.6 is 0 Å². The van der Waals surface area contributed by atoms with E-state index in [0.29, 0.717) is 25.3 Å². The topological polar surface area (TPSA) is 128 Å². The normalized spacial score (nSPS) is 22.5. The van der Waals surface area contributed by atoms with Crippen molar-refractivity contribution in [3.63, 3.8) is 0 Å². The number of hydrogen-bond donors (Lipinski definition) is 2. The summed E-state index contributed by atoms with van der Waals surface area (Å²) in [6.45, 7) is 2.72. The highest BCUT2D eigenvalue weighted by Crippen LogP contribution is 2.33. The molecule has 1 aromatic heterocycles. The Labute approximate surface area is 109 Å². The summed E-state index contributed by atoms with van der Waals surface area (Å²) in [6.07, 6.45) is 0.590. The zero-order chi connectivity index (χ0) is 14.2. The SMILES string of the molecule is CC1(C(N)=O)CCN(c2cc([N+](=O)[O-])cc(N)n2)C1. The van der Waals surface area contributed by atoms with Gasteiger partial charge < -0.3 is 16.4 Å². The second-order valence-corrected chi connectivity index (χ2v) is 4.96. The van der Waals surface area contributed by atoms with Crippen LogP contribution < -0.4 is 16.4 Å². The second kappa shape index (κ2) is 4.38. The Kier molecular flexibility index (Phi) is 3.01. The molecule has 2 rings (SSSR count). The fourth-order valence-corrected chi connectivity index (χ4v) is 2.15. The van der Waals surface area contributed by atoms with Crippen LogP contribution in [0, 0.1) is 15.5 Å². The minimum atomic E-state index is -0.638. The Bertz CT molecular complexity index is 547. The predicted molar refractivity (Wildman–Crippen MR) is 69.4 cm³/mol. The third-order valence-corrected chi connectivity index (χ3v) is 3.42. The predicted octanol–water partition coefficient (Wildman–Crippen LogP) is 0.274. The summed E-state index contributed by atoms with van der Waals surface area (Å²) in [6, 6.07) is 2.55. The molecule has 1 aromatic rings. The van der Waals surface area contributed by atoms with Gasteiger partial charge in [0, 0.05) is 13.1 Å². The van der Waals surface area contributed by atoms with Gasteiger partial charge in [0.1, 0.15) is 11.6 Å². The van der Waals surface area contributed by atoms with Gasteiger partial charge in [-0.15, -0.1) is 0 Å². The Morgan fingerprint density at radius 1 is 1.58 bits per heavy atom. The van der Waals surface area contributed by atoms with Gasteiger partial charge in [0.25, 0.3) is 5.69 Å². The number of carbonyl (C=O) groups is 1. The number of hydrogen-bond acceptors (Lipinski definition) is 6. The van der Waals surface area contributed by atoms with Crippen LogP contribution in [-0.2, 0) is 4.79 Å². The molecule has 1 saturated heterocycles. The van der Waals surface area contributed by atoms with E-state index >= 15 is 0 Å². The van der Waals surface area contributed by atoms with Crippen molar-refractivity contribution < 1.29 is 9.72 Å². The molecule has 8 heteroatoms. The molecule has 1 atom stereocenters. The first-order valence-electron chi connectivity index (χ1n) is 5.79. The third kappa shape index (κ3) is 2.42. The largest absolute Gasteiger partial charge is 0.383 e. The number of nitrogens with zero attached hydrogens (tertiary/aromatic N) is 3. The van der Waals surface area contributed by atoms with Crippen molar-refractivity contribution in [2.24, 2.45) is 11.1 Å². The summed E-state index contributed by atoms with van der Waals surface area (Å²) >= 11 is 0.